The van der Waals surface area contributed by atoms with E-state index in [9.17, 15) is 13.2 Å². The fourth-order valence-corrected chi connectivity index (χ4v) is 2.04. The number of nitrogens with two attached hydrogens (primary N) is 1. The molecule has 1 heterocycles. The van der Waals surface area contributed by atoms with Crippen LogP contribution in [-0.2, 0) is 6.18 Å². The van der Waals surface area contributed by atoms with Crippen molar-refractivity contribution in [3.63, 3.8) is 0 Å². The van der Waals surface area contributed by atoms with Gasteiger partial charge in [0, 0.05) is 5.69 Å². The fourth-order valence-electron chi connectivity index (χ4n) is 2.04. The Bertz CT molecular complexity index is 852. The molecule has 0 amide bonds. The molecule has 0 atom stereocenters. The maximum absolute atomic E-state index is 12.6. The zero-order valence-corrected chi connectivity index (χ0v) is 12.8. The van der Waals surface area contributed by atoms with Crippen LogP contribution in [0.5, 0.6) is 11.6 Å². The first-order valence-corrected chi connectivity index (χ1v) is 7.21. The molecule has 0 saturated carbocycles. The molecule has 0 unspecified atom stereocenters. The Morgan fingerprint density at radius 3 is 2.24 bits per heavy atom. The predicted molar refractivity (Wildman–Crippen MR) is 87.7 cm³/mol. The number of hydrogen-bond acceptors (Lipinski definition) is 5. The van der Waals surface area contributed by atoms with Crippen molar-refractivity contribution in [1.82, 2.24) is 9.97 Å². The lowest BCUT2D eigenvalue weighted by molar-refractivity contribution is -0.137. The highest BCUT2D eigenvalue weighted by molar-refractivity contribution is 5.72. The second-order valence-corrected chi connectivity index (χ2v) is 5.06. The van der Waals surface area contributed by atoms with Crippen molar-refractivity contribution < 1.29 is 17.9 Å². The number of aromatic nitrogens is 2. The van der Waals surface area contributed by atoms with Gasteiger partial charge in [0.1, 0.15) is 17.8 Å². The van der Waals surface area contributed by atoms with Crippen LogP contribution < -0.4 is 15.8 Å². The summed E-state index contributed by atoms with van der Waals surface area (Å²) in [5.74, 6) is 0.935. The molecule has 128 valence electrons. The summed E-state index contributed by atoms with van der Waals surface area (Å²) in [6.45, 7) is 0. The zero-order valence-electron chi connectivity index (χ0n) is 12.8. The van der Waals surface area contributed by atoms with Crippen molar-refractivity contribution in [3.05, 3.63) is 66.5 Å². The van der Waals surface area contributed by atoms with E-state index in [0.717, 1.165) is 12.1 Å². The summed E-state index contributed by atoms with van der Waals surface area (Å²) < 4.78 is 43.4. The van der Waals surface area contributed by atoms with Crippen LogP contribution in [-0.4, -0.2) is 9.97 Å². The summed E-state index contributed by atoms with van der Waals surface area (Å²) in [4.78, 5) is 7.97. The number of ether oxygens (including phenoxy) is 1. The number of alkyl halides is 3. The molecule has 0 fully saturated rings. The maximum Gasteiger partial charge on any atom is 0.416 e. The van der Waals surface area contributed by atoms with Gasteiger partial charge in [-0.05, 0) is 36.4 Å². The number of halogens is 3. The van der Waals surface area contributed by atoms with Crippen LogP contribution in [0, 0.1) is 0 Å². The normalized spacial score (nSPS) is 11.2. The first-order chi connectivity index (χ1) is 11.9. The van der Waals surface area contributed by atoms with Crippen molar-refractivity contribution in [3.8, 4) is 11.6 Å². The highest BCUT2D eigenvalue weighted by atomic mass is 19.4. The van der Waals surface area contributed by atoms with Crippen LogP contribution in [0.2, 0.25) is 0 Å². The molecule has 0 spiro atoms. The first-order valence-electron chi connectivity index (χ1n) is 7.21. The standard InChI is InChI=1S/C17H13F3N4O/c18-17(19,20)11-6-8-12(9-7-11)24-15-14(21)16(23-10-22-15)25-13-4-2-1-3-5-13/h1-10H,21H2,(H,22,23,24). The lowest BCUT2D eigenvalue weighted by Crippen LogP contribution is -2.05. The van der Waals surface area contributed by atoms with E-state index in [1.807, 2.05) is 6.07 Å². The van der Waals surface area contributed by atoms with Crippen LogP contribution >= 0.6 is 0 Å². The number of hydrogen-bond donors (Lipinski definition) is 2. The molecular formula is C17H13F3N4O. The highest BCUT2D eigenvalue weighted by Crippen LogP contribution is 2.33. The molecule has 25 heavy (non-hydrogen) atoms. The van der Waals surface area contributed by atoms with Crippen molar-refractivity contribution in [2.45, 2.75) is 6.18 Å². The number of benzene rings is 2. The molecule has 0 aliphatic carbocycles. The Morgan fingerprint density at radius 1 is 0.920 bits per heavy atom. The summed E-state index contributed by atoms with van der Waals surface area (Å²) in [7, 11) is 0. The van der Waals surface area contributed by atoms with Gasteiger partial charge in [0.2, 0.25) is 5.88 Å². The maximum atomic E-state index is 12.6. The minimum atomic E-state index is -4.39. The quantitative estimate of drug-likeness (QED) is 0.721. The molecule has 8 heteroatoms. The third kappa shape index (κ3) is 3.97. The summed E-state index contributed by atoms with van der Waals surface area (Å²) >= 11 is 0. The van der Waals surface area contributed by atoms with E-state index in [4.69, 9.17) is 10.5 Å². The van der Waals surface area contributed by atoms with Crippen LogP contribution in [0.4, 0.5) is 30.4 Å². The molecule has 0 radical (unpaired) electrons. The third-order valence-corrected chi connectivity index (χ3v) is 3.28. The molecule has 3 aromatic rings. The van der Waals surface area contributed by atoms with Gasteiger partial charge in [0.15, 0.2) is 5.82 Å². The van der Waals surface area contributed by atoms with Gasteiger partial charge in [-0.1, -0.05) is 18.2 Å². The average Bonchev–Trinajstić information content (AvgIpc) is 2.59. The number of nitrogen functional groups attached to an aromatic ring is 1. The van der Waals surface area contributed by atoms with Gasteiger partial charge in [-0.15, -0.1) is 0 Å². The Balaban J connectivity index is 1.80. The first kappa shape index (κ1) is 16.6. The Hall–Kier alpha value is -3.29. The van der Waals surface area contributed by atoms with Crippen molar-refractivity contribution >= 4 is 17.2 Å². The number of nitrogens with one attached hydrogen (secondary N) is 1. The molecule has 0 bridgehead atoms. The molecule has 3 N–H and O–H groups in total. The number of nitrogens with zero attached hydrogens (tertiary/aromatic N) is 2. The van der Waals surface area contributed by atoms with Gasteiger partial charge in [-0.25, -0.2) is 4.98 Å². The minimum absolute atomic E-state index is 0.145. The molecule has 0 aliphatic heterocycles. The summed E-state index contributed by atoms with van der Waals surface area (Å²) in [5, 5.41) is 2.85. The molecule has 3 rings (SSSR count). The Kier molecular flexibility index (Phi) is 4.42. The number of para-hydroxylation sites is 1. The van der Waals surface area contributed by atoms with E-state index in [0.29, 0.717) is 11.4 Å². The van der Waals surface area contributed by atoms with Gasteiger partial charge < -0.3 is 15.8 Å². The lowest BCUT2D eigenvalue weighted by Gasteiger charge is -2.12. The smallest absolute Gasteiger partial charge is 0.416 e. The van der Waals surface area contributed by atoms with Crippen LogP contribution in [0.3, 0.4) is 0 Å². The minimum Gasteiger partial charge on any atom is -0.437 e. The van der Waals surface area contributed by atoms with E-state index in [-0.39, 0.29) is 17.4 Å². The molecular weight excluding hydrogens is 333 g/mol. The van der Waals surface area contributed by atoms with E-state index in [2.05, 4.69) is 15.3 Å². The SMILES string of the molecule is Nc1c(Nc2ccc(C(F)(F)F)cc2)ncnc1Oc1ccccc1. The molecule has 5 nitrogen and oxygen atoms in total. The topological polar surface area (TPSA) is 73.1 Å². The van der Waals surface area contributed by atoms with Crippen LogP contribution in [0.1, 0.15) is 5.56 Å². The molecule has 0 aliphatic rings. The van der Waals surface area contributed by atoms with Crippen molar-refractivity contribution in [1.29, 1.82) is 0 Å². The molecule has 1 aromatic heterocycles. The second kappa shape index (κ2) is 6.68. The monoisotopic (exact) mass is 346 g/mol. The third-order valence-electron chi connectivity index (χ3n) is 3.28. The highest BCUT2D eigenvalue weighted by Gasteiger charge is 2.29. The number of anilines is 3. The van der Waals surface area contributed by atoms with Crippen molar-refractivity contribution in [2.24, 2.45) is 0 Å². The van der Waals surface area contributed by atoms with Gasteiger partial charge >= 0.3 is 6.18 Å². The van der Waals surface area contributed by atoms with E-state index < -0.39 is 11.7 Å². The molecule has 2 aromatic carbocycles. The fraction of sp³-hybridized carbons (Fsp3) is 0.0588. The van der Waals surface area contributed by atoms with E-state index >= 15 is 0 Å². The van der Waals surface area contributed by atoms with E-state index in [1.54, 1.807) is 24.3 Å². The largest absolute Gasteiger partial charge is 0.437 e. The molecule has 0 saturated heterocycles. The van der Waals surface area contributed by atoms with Gasteiger partial charge in [0.05, 0.1) is 5.56 Å². The second-order valence-electron chi connectivity index (χ2n) is 5.06. The van der Waals surface area contributed by atoms with Gasteiger partial charge in [-0.2, -0.15) is 18.2 Å². The van der Waals surface area contributed by atoms with Crippen molar-refractivity contribution in [2.75, 3.05) is 11.1 Å². The predicted octanol–water partition coefficient (Wildman–Crippen LogP) is 4.61. The summed E-state index contributed by atoms with van der Waals surface area (Å²) in [6, 6.07) is 13.5. The Morgan fingerprint density at radius 2 is 1.60 bits per heavy atom. The van der Waals surface area contributed by atoms with Gasteiger partial charge in [-0.3, -0.25) is 0 Å². The van der Waals surface area contributed by atoms with E-state index in [1.165, 1.54) is 18.5 Å². The summed E-state index contributed by atoms with van der Waals surface area (Å²) in [5.41, 5.74) is 5.80. The lowest BCUT2D eigenvalue weighted by atomic mass is 10.2. The van der Waals surface area contributed by atoms with Gasteiger partial charge in [0.25, 0.3) is 0 Å². The number of rotatable bonds is 4. The van der Waals surface area contributed by atoms with Crippen LogP contribution in [0.25, 0.3) is 0 Å². The summed E-state index contributed by atoms with van der Waals surface area (Å²) in [6.07, 6.45) is -3.13. The zero-order chi connectivity index (χ0) is 17.9. The van der Waals surface area contributed by atoms with Crippen LogP contribution in [0.15, 0.2) is 60.9 Å². The average molecular weight is 346 g/mol. The Labute approximate surface area is 141 Å².